The zero-order valence-electron chi connectivity index (χ0n) is 11.2. The molecule has 6 heteroatoms. The molecule has 0 fully saturated rings. The molecule has 20 heavy (non-hydrogen) atoms. The minimum Gasteiger partial charge on any atom is -0.325 e. The summed E-state index contributed by atoms with van der Waals surface area (Å²) in [5, 5.41) is 4.23. The molecule has 0 atom stereocenters. The highest BCUT2D eigenvalue weighted by Gasteiger charge is 2.06. The Labute approximate surface area is 115 Å². The van der Waals surface area contributed by atoms with Crippen molar-refractivity contribution in [3.05, 3.63) is 64.1 Å². The van der Waals surface area contributed by atoms with E-state index in [0.717, 1.165) is 17.0 Å². The Hall–Kier alpha value is -2.47. The van der Waals surface area contributed by atoms with Gasteiger partial charge in [0.2, 0.25) is 0 Å². The minimum absolute atomic E-state index is 0.0563. The molecule has 2 N–H and O–H groups in total. The average molecular weight is 269 g/mol. The number of aromatic nitrogens is 4. The largest absolute Gasteiger partial charge is 0.325 e. The lowest BCUT2D eigenvalue weighted by molar-refractivity contribution is 0.739. The molecule has 0 spiro atoms. The Bertz CT molecular complexity index is 818. The van der Waals surface area contributed by atoms with Gasteiger partial charge in [-0.2, -0.15) is 5.10 Å². The highest BCUT2D eigenvalue weighted by atomic mass is 16.1. The normalized spacial score (nSPS) is 11.1. The molecule has 3 aromatic rings. The number of pyridine rings is 1. The fourth-order valence-electron chi connectivity index (χ4n) is 2.21. The molecule has 0 saturated carbocycles. The van der Waals surface area contributed by atoms with E-state index in [1.54, 1.807) is 33.7 Å². The van der Waals surface area contributed by atoms with Crippen LogP contribution in [-0.4, -0.2) is 19.2 Å². The van der Waals surface area contributed by atoms with E-state index in [0.29, 0.717) is 18.6 Å². The molecular weight excluding hydrogens is 254 g/mol. The van der Waals surface area contributed by atoms with E-state index in [2.05, 4.69) is 10.1 Å². The molecular formula is C14H15N5O. The maximum Gasteiger partial charge on any atom is 0.276 e. The van der Waals surface area contributed by atoms with Crippen molar-refractivity contribution in [2.45, 2.75) is 20.0 Å². The summed E-state index contributed by atoms with van der Waals surface area (Å²) < 4.78 is 3.26. The average Bonchev–Trinajstić information content (AvgIpc) is 2.84. The van der Waals surface area contributed by atoms with Gasteiger partial charge in [0.1, 0.15) is 5.52 Å². The molecule has 6 nitrogen and oxygen atoms in total. The molecule has 3 rings (SSSR count). The van der Waals surface area contributed by atoms with Crippen LogP contribution in [0.5, 0.6) is 0 Å². The zero-order chi connectivity index (χ0) is 14.1. The molecule has 0 aliphatic rings. The van der Waals surface area contributed by atoms with Gasteiger partial charge in [-0.05, 0) is 30.7 Å². The topological polar surface area (TPSA) is 78.2 Å². The van der Waals surface area contributed by atoms with Gasteiger partial charge in [-0.1, -0.05) is 0 Å². The summed E-state index contributed by atoms with van der Waals surface area (Å²) in [6.07, 6.45) is 5.24. The molecule has 0 radical (unpaired) electrons. The summed E-state index contributed by atoms with van der Waals surface area (Å²) in [4.78, 5) is 16.5. The molecule has 0 unspecified atom stereocenters. The predicted molar refractivity (Wildman–Crippen MR) is 75.4 cm³/mol. The van der Waals surface area contributed by atoms with E-state index >= 15 is 0 Å². The second kappa shape index (κ2) is 4.90. The third kappa shape index (κ3) is 2.21. The van der Waals surface area contributed by atoms with Crippen LogP contribution in [0.3, 0.4) is 0 Å². The first-order valence-electron chi connectivity index (χ1n) is 6.36. The second-order valence-corrected chi connectivity index (χ2v) is 4.71. The lowest BCUT2D eigenvalue weighted by atomic mass is 10.2. The van der Waals surface area contributed by atoms with Crippen LogP contribution in [0.2, 0.25) is 0 Å². The number of nitrogens with zero attached hydrogens (tertiary/aromatic N) is 4. The van der Waals surface area contributed by atoms with Crippen LogP contribution in [0.25, 0.3) is 5.52 Å². The Morgan fingerprint density at radius 3 is 2.95 bits per heavy atom. The lowest BCUT2D eigenvalue weighted by Crippen LogP contribution is -2.22. The number of hydrogen-bond donors (Lipinski definition) is 1. The summed E-state index contributed by atoms with van der Waals surface area (Å²) in [6.45, 7) is 2.76. The van der Waals surface area contributed by atoms with E-state index in [1.165, 1.54) is 0 Å². The quantitative estimate of drug-likeness (QED) is 0.759. The standard InChI is InChI=1S/C14H15N5O/c1-10-6-13-14(20)18(4-5-19(13)17-10)9-11-2-3-16-12(7-11)8-15/h2-7H,8-9,15H2,1H3. The maximum atomic E-state index is 12.4. The highest BCUT2D eigenvalue weighted by molar-refractivity contribution is 5.45. The number of nitrogens with two attached hydrogens (primary N) is 1. The van der Waals surface area contributed by atoms with Gasteiger partial charge < -0.3 is 10.3 Å². The molecule has 0 amide bonds. The van der Waals surface area contributed by atoms with Crippen LogP contribution >= 0.6 is 0 Å². The van der Waals surface area contributed by atoms with Gasteiger partial charge in [-0.3, -0.25) is 9.78 Å². The Balaban J connectivity index is 2.02. The molecule has 0 aliphatic heterocycles. The van der Waals surface area contributed by atoms with Crippen LogP contribution in [0.15, 0.2) is 41.6 Å². The summed E-state index contributed by atoms with van der Waals surface area (Å²) in [7, 11) is 0. The van der Waals surface area contributed by atoms with Gasteiger partial charge in [-0.25, -0.2) is 4.52 Å². The van der Waals surface area contributed by atoms with Gasteiger partial charge in [0.15, 0.2) is 0 Å². The van der Waals surface area contributed by atoms with E-state index in [-0.39, 0.29) is 5.56 Å². The maximum absolute atomic E-state index is 12.4. The Morgan fingerprint density at radius 1 is 1.30 bits per heavy atom. The second-order valence-electron chi connectivity index (χ2n) is 4.71. The van der Waals surface area contributed by atoms with Crippen molar-refractivity contribution in [3.8, 4) is 0 Å². The molecule has 0 aromatic carbocycles. The number of rotatable bonds is 3. The number of fused-ring (bicyclic) bond motifs is 1. The van der Waals surface area contributed by atoms with Gasteiger partial charge in [0, 0.05) is 25.1 Å². The van der Waals surface area contributed by atoms with Crippen LogP contribution in [0.4, 0.5) is 0 Å². The Morgan fingerprint density at radius 2 is 2.15 bits per heavy atom. The van der Waals surface area contributed by atoms with Crippen molar-refractivity contribution >= 4 is 5.52 Å². The molecule has 0 bridgehead atoms. The number of hydrogen-bond acceptors (Lipinski definition) is 4. The predicted octanol–water partition coefficient (Wildman–Crippen LogP) is 0.706. The molecule has 0 saturated heterocycles. The van der Waals surface area contributed by atoms with E-state index in [9.17, 15) is 4.79 Å². The summed E-state index contributed by atoms with van der Waals surface area (Å²) in [5.41, 5.74) is 8.75. The molecule has 102 valence electrons. The monoisotopic (exact) mass is 269 g/mol. The smallest absolute Gasteiger partial charge is 0.276 e. The van der Waals surface area contributed by atoms with Gasteiger partial charge in [-0.15, -0.1) is 0 Å². The summed E-state index contributed by atoms with van der Waals surface area (Å²) >= 11 is 0. The summed E-state index contributed by atoms with van der Waals surface area (Å²) in [5.74, 6) is 0. The number of aryl methyl sites for hydroxylation is 1. The van der Waals surface area contributed by atoms with E-state index in [4.69, 9.17) is 5.73 Å². The Kier molecular flexibility index (Phi) is 3.08. The molecule has 0 aliphatic carbocycles. The van der Waals surface area contributed by atoms with Gasteiger partial charge in [0.25, 0.3) is 5.56 Å². The molecule has 3 heterocycles. The summed E-state index contributed by atoms with van der Waals surface area (Å²) in [6, 6.07) is 5.59. The van der Waals surface area contributed by atoms with Crippen molar-refractivity contribution in [2.75, 3.05) is 0 Å². The fraction of sp³-hybridized carbons (Fsp3) is 0.214. The zero-order valence-corrected chi connectivity index (χ0v) is 11.2. The first-order valence-corrected chi connectivity index (χ1v) is 6.36. The van der Waals surface area contributed by atoms with Gasteiger partial charge in [0.05, 0.1) is 17.9 Å². The minimum atomic E-state index is -0.0563. The highest BCUT2D eigenvalue weighted by Crippen LogP contribution is 2.05. The van der Waals surface area contributed by atoms with Crippen molar-refractivity contribution in [3.63, 3.8) is 0 Å². The van der Waals surface area contributed by atoms with Crippen molar-refractivity contribution in [1.29, 1.82) is 0 Å². The van der Waals surface area contributed by atoms with Crippen LogP contribution in [0.1, 0.15) is 17.0 Å². The van der Waals surface area contributed by atoms with Gasteiger partial charge >= 0.3 is 0 Å². The third-order valence-corrected chi connectivity index (χ3v) is 3.17. The lowest BCUT2D eigenvalue weighted by Gasteiger charge is -2.07. The van der Waals surface area contributed by atoms with Crippen LogP contribution in [0, 0.1) is 6.92 Å². The third-order valence-electron chi connectivity index (χ3n) is 3.17. The van der Waals surface area contributed by atoms with Crippen molar-refractivity contribution in [1.82, 2.24) is 19.2 Å². The van der Waals surface area contributed by atoms with E-state index in [1.807, 2.05) is 19.1 Å². The van der Waals surface area contributed by atoms with E-state index < -0.39 is 0 Å². The van der Waals surface area contributed by atoms with Crippen LogP contribution < -0.4 is 11.3 Å². The molecule has 3 aromatic heterocycles. The van der Waals surface area contributed by atoms with Crippen LogP contribution in [-0.2, 0) is 13.1 Å². The SMILES string of the molecule is Cc1cc2c(=O)n(Cc3ccnc(CN)c3)ccn2n1. The first kappa shape index (κ1) is 12.6. The first-order chi connectivity index (χ1) is 9.67. The fourth-order valence-corrected chi connectivity index (χ4v) is 2.21. The van der Waals surface area contributed by atoms with Crippen molar-refractivity contribution < 1.29 is 0 Å². The van der Waals surface area contributed by atoms with Crippen molar-refractivity contribution in [2.24, 2.45) is 5.73 Å².